The molecule has 0 N–H and O–H groups in total. The Morgan fingerprint density at radius 1 is 1.31 bits per heavy atom. The molecular weight excluding hydrogens is 364 g/mol. The first-order chi connectivity index (χ1) is 13.9. The van der Waals surface area contributed by atoms with Gasteiger partial charge in [0.15, 0.2) is 0 Å². The summed E-state index contributed by atoms with van der Waals surface area (Å²) in [6, 6.07) is 10.2. The fourth-order valence-electron chi connectivity index (χ4n) is 3.93. The van der Waals surface area contributed by atoms with Crippen LogP contribution in [0.4, 0.5) is 0 Å². The van der Waals surface area contributed by atoms with Gasteiger partial charge in [0.25, 0.3) is 0 Å². The topological polar surface area (TPSA) is 50.6 Å². The molecule has 0 unspecified atom stereocenters. The third kappa shape index (κ3) is 5.82. The van der Waals surface area contributed by atoms with Crippen molar-refractivity contribution in [3.05, 3.63) is 47.3 Å². The van der Waals surface area contributed by atoms with Crippen molar-refractivity contribution in [2.45, 2.75) is 45.1 Å². The number of amides is 1. The number of carbonyl (C=O) groups excluding carboxylic acids is 1. The number of aryl methyl sites for hydroxylation is 2. The molecule has 0 aliphatic carbocycles. The molecule has 1 fully saturated rings. The predicted octanol–water partition coefficient (Wildman–Crippen LogP) is 3.36. The van der Waals surface area contributed by atoms with Crippen LogP contribution in [0.5, 0.6) is 5.75 Å². The maximum Gasteiger partial charge on any atom is 0.222 e. The average molecular weight is 399 g/mol. The van der Waals surface area contributed by atoms with Crippen LogP contribution in [-0.2, 0) is 18.4 Å². The van der Waals surface area contributed by atoms with E-state index in [4.69, 9.17) is 9.84 Å². The fraction of sp³-hybridized carbons (Fsp3) is 0.565. The van der Waals surface area contributed by atoms with Gasteiger partial charge in [-0.05, 0) is 58.0 Å². The van der Waals surface area contributed by atoms with Crippen LogP contribution in [0.2, 0.25) is 0 Å². The summed E-state index contributed by atoms with van der Waals surface area (Å²) >= 11 is 0. The lowest BCUT2D eigenvalue weighted by atomic mass is 9.94. The SMILES string of the molecule is Cc1ccccc1OCCCC(=O)N1CCC[C@H](c2cc(CN(C)C)n(C)n2)C1. The summed E-state index contributed by atoms with van der Waals surface area (Å²) in [4.78, 5) is 16.9. The maximum absolute atomic E-state index is 12.7. The van der Waals surface area contributed by atoms with Gasteiger partial charge in [0.05, 0.1) is 18.0 Å². The summed E-state index contributed by atoms with van der Waals surface area (Å²) in [6.45, 7) is 5.11. The number of piperidine rings is 1. The van der Waals surface area contributed by atoms with E-state index in [2.05, 4.69) is 25.1 Å². The molecule has 1 aromatic heterocycles. The van der Waals surface area contributed by atoms with E-state index in [1.54, 1.807) is 0 Å². The van der Waals surface area contributed by atoms with Crippen LogP contribution in [0.15, 0.2) is 30.3 Å². The summed E-state index contributed by atoms with van der Waals surface area (Å²) in [5, 5.41) is 4.73. The second-order valence-electron chi connectivity index (χ2n) is 8.32. The zero-order chi connectivity index (χ0) is 20.8. The van der Waals surface area contributed by atoms with Gasteiger partial charge < -0.3 is 14.5 Å². The molecule has 0 spiro atoms. The van der Waals surface area contributed by atoms with Crippen LogP contribution in [0.3, 0.4) is 0 Å². The zero-order valence-corrected chi connectivity index (χ0v) is 18.2. The number of likely N-dealkylation sites (tertiary alicyclic amines) is 1. The highest BCUT2D eigenvalue weighted by atomic mass is 16.5. The molecular formula is C23H34N4O2. The normalized spacial score (nSPS) is 17.0. The molecule has 6 nitrogen and oxygen atoms in total. The predicted molar refractivity (Wildman–Crippen MR) is 115 cm³/mol. The summed E-state index contributed by atoms with van der Waals surface area (Å²) in [6.07, 6.45) is 3.41. The summed E-state index contributed by atoms with van der Waals surface area (Å²) in [5.74, 6) is 1.47. The lowest BCUT2D eigenvalue weighted by molar-refractivity contribution is -0.132. The molecule has 2 heterocycles. The molecule has 2 aromatic rings. The molecule has 1 aromatic carbocycles. The number of hydrogen-bond acceptors (Lipinski definition) is 4. The van der Waals surface area contributed by atoms with Gasteiger partial charge in [-0.15, -0.1) is 0 Å². The first-order valence-corrected chi connectivity index (χ1v) is 10.6. The Morgan fingerprint density at radius 3 is 2.86 bits per heavy atom. The molecule has 1 aliphatic rings. The molecule has 29 heavy (non-hydrogen) atoms. The van der Waals surface area contributed by atoms with Crippen molar-refractivity contribution in [1.29, 1.82) is 0 Å². The lowest BCUT2D eigenvalue weighted by Gasteiger charge is -2.32. The monoisotopic (exact) mass is 398 g/mol. The Bertz CT molecular complexity index is 815. The third-order valence-corrected chi connectivity index (χ3v) is 5.55. The fourth-order valence-corrected chi connectivity index (χ4v) is 3.93. The Kier molecular flexibility index (Phi) is 7.31. The van der Waals surface area contributed by atoms with E-state index in [-0.39, 0.29) is 5.91 Å². The largest absolute Gasteiger partial charge is 0.493 e. The molecule has 1 amide bonds. The van der Waals surface area contributed by atoms with Crippen LogP contribution < -0.4 is 4.74 Å². The van der Waals surface area contributed by atoms with Crippen molar-refractivity contribution in [3.8, 4) is 5.75 Å². The highest BCUT2D eigenvalue weighted by molar-refractivity contribution is 5.76. The van der Waals surface area contributed by atoms with Crippen molar-refractivity contribution >= 4 is 5.91 Å². The van der Waals surface area contributed by atoms with Gasteiger partial charge in [-0.3, -0.25) is 9.48 Å². The van der Waals surface area contributed by atoms with E-state index >= 15 is 0 Å². The smallest absolute Gasteiger partial charge is 0.222 e. The number of benzene rings is 1. The van der Waals surface area contributed by atoms with Crippen LogP contribution in [0.25, 0.3) is 0 Å². The molecule has 158 valence electrons. The van der Waals surface area contributed by atoms with Gasteiger partial charge in [0.2, 0.25) is 5.91 Å². The number of rotatable bonds is 8. The lowest BCUT2D eigenvalue weighted by Crippen LogP contribution is -2.39. The summed E-state index contributed by atoms with van der Waals surface area (Å²) < 4.78 is 7.80. The van der Waals surface area contributed by atoms with E-state index in [1.165, 1.54) is 5.69 Å². The van der Waals surface area contributed by atoms with Gasteiger partial charge in [-0.25, -0.2) is 0 Å². The van der Waals surface area contributed by atoms with E-state index in [0.717, 1.165) is 55.9 Å². The third-order valence-electron chi connectivity index (χ3n) is 5.55. The second-order valence-corrected chi connectivity index (χ2v) is 8.32. The molecule has 0 saturated carbocycles. The van der Waals surface area contributed by atoms with E-state index in [1.807, 2.05) is 47.8 Å². The van der Waals surface area contributed by atoms with E-state index in [0.29, 0.717) is 18.9 Å². The number of hydrogen-bond donors (Lipinski definition) is 0. The average Bonchev–Trinajstić information content (AvgIpc) is 3.06. The van der Waals surface area contributed by atoms with Gasteiger partial charge in [0.1, 0.15) is 5.75 Å². The van der Waals surface area contributed by atoms with Gasteiger partial charge in [-0.2, -0.15) is 5.10 Å². The van der Waals surface area contributed by atoms with Crippen molar-refractivity contribution in [1.82, 2.24) is 19.6 Å². The summed E-state index contributed by atoms with van der Waals surface area (Å²) in [5.41, 5.74) is 3.45. The number of para-hydroxylation sites is 1. The van der Waals surface area contributed by atoms with Crippen LogP contribution in [-0.4, -0.2) is 59.3 Å². The molecule has 0 bridgehead atoms. The standard InChI is InChI=1S/C23H34N4O2/c1-18-9-5-6-11-22(18)29-14-8-12-23(28)27-13-7-10-19(16-27)21-15-20(17-25(2)3)26(4)24-21/h5-6,9,11,15,19H,7-8,10,12-14,16-17H2,1-4H3/t19-/m0/s1. The molecule has 1 atom stereocenters. The highest BCUT2D eigenvalue weighted by Crippen LogP contribution is 2.27. The Labute approximate surface area is 174 Å². The van der Waals surface area contributed by atoms with Gasteiger partial charge in [0, 0.05) is 39.0 Å². The second kappa shape index (κ2) is 9.92. The summed E-state index contributed by atoms with van der Waals surface area (Å²) in [7, 11) is 6.13. The zero-order valence-electron chi connectivity index (χ0n) is 18.2. The van der Waals surface area contributed by atoms with Crippen LogP contribution in [0.1, 0.15) is 48.6 Å². The number of aromatic nitrogens is 2. The van der Waals surface area contributed by atoms with Crippen molar-refractivity contribution in [2.75, 3.05) is 33.8 Å². The molecule has 1 aliphatic heterocycles. The van der Waals surface area contributed by atoms with Crippen LogP contribution in [0, 0.1) is 6.92 Å². The highest BCUT2D eigenvalue weighted by Gasteiger charge is 2.26. The minimum Gasteiger partial charge on any atom is -0.493 e. The Balaban J connectivity index is 1.48. The number of ether oxygens (including phenoxy) is 1. The Morgan fingerprint density at radius 2 is 2.10 bits per heavy atom. The Hall–Kier alpha value is -2.34. The minimum atomic E-state index is 0.229. The van der Waals surface area contributed by atoms with E-state index in [9.17, 15) is 4.79 Å². The van der Waals surface area contributed by atoms with Gasteiger partial charge >= 0.3 is 0 Å². The molecule has 6 heteroatoms. The first-order valence-electron chi connectivity index (χ1n) is 10.6. The van der Waals surface area contributed by atoms with Gasteiger partial charge in [-0.1, -0.05) is 18.2 Å². The van der Waals surface area contributed by atoms with Crippen molar-refractivity contribution < 1.29 is 9.53 Å². The quantitative estimate of drug-likeness (QED) is 0.640. The molecule has 1 saturated heterocycles. The molecule has 0 radical (unpaired) electrons. The first kappa shape index (κ1) is 21.4. The van der Waals surface area contributed by atoms with E-state index < -0.39 is 0 Å². The molecule has 3 rings (SSSR count). The number of carbonyl (C=O) groups is 1. The van der Waals surface area contributed by atoms with Crippen molar-refractivity contribution in [2.24, 2.45) is 7.05 Å². The van der Waals surface area contributed by atoms with Crippen molar-refractivity contribution in [3.63, 3.8) is 0 Å². The minimum absolute atomic E-state index is 0.229. The number of nitrogens with zero attached hydrogens (tertiary/aromatic N) is 4. The van der Waals surface area contributed by atoms with Crippen LogP contribution >= 0.6 is 0 Å². The maximum atomic E-state index is 12.7.